The molecule has 2 aromatic rings. The van der Waals surface area contributed by atoms with Crippen LogP contribution in [0, 0.1) is 0 Å². The van der Waals surface area contributed by atoms with Gasteiger partial charge in [0.2, 0.25) is 0 Å². The van der Waals surface area contributed by atoms with Crippen LogP contribution in [-0.4, -0.2) is 6.61 Å². The highest BCUT2D eigenvalue weighted by molar-refractivity contribution is 9.10. The highest BCUT2D eigenvalue weighted by Gasteiger charge is 2.17. The molecule has 0 aromatic heterocycles. The van der Waals surface area contributed by atoms with Gasteiger partial charge in [-0.3, -0.25) is 0 Å². The molecule has 0 amide bonds. The average molecular weight is 453 g/mol. The molecular formula is C16H14Br2Cl2O. The summed E-state index contributed by atoms with van der Waals surface area (Å²) in [4.78, 5) is 0. The molecule has 0 aliphatic carbocycles. The minimum atomic E-state index is -0.313. The first-order valence-corrected chi connectivity index (χ1v) is 8.94. The van der Waals surface area contributed by atoms with Crippen LogP contribution in [0.15, 0.2) is 45.3 Å². The van der Waals surface area contributed by atoms with Gasteiger partial charge in [-0.2, -0.15) is 0 Å². The minimum absolute atomic E-state index is 0.313. The van der Waals surface area contributed by atoms with Crippen LogP contribution in [0.1, 0.15) is 29.8 Å². The molecule has 2 rings (SSSR count). The van der Waals surface area contributed by atoms with Gasteiger partial charge in [-0.05, 0) is 67.6 Å². The standard InChI is InChI=1S/C16H14Br2Cl2O/c1-2-8-21-14-7-6-10(9-13(14)18)15(19)11-4-3-5-12(17)16(11)20/h3-7,9,15H,2,8H2,1H3. The molecule has 0 saturated heterocycles. The van der Waals surface area contributed by atoms with Crippen molar-refractivity contribution in [3.63, 3.8) is 0 Å². The van der Waals surface area contributed by atoms with E-state index in [0.717, 1.165) is 32.2 Å². The Morgan fingerprint density at radius 1 is 1.14 bits per heavy atom. The van der Waals surface area contributed by atoms with Crippen LogP contribution in [0.5, 0.6) is 5.75 Å². The van der Waals surface area contributed by atoms with Crippen molar-refractivity contribution < 1.29 is 4.74 Å². The maximum absolute atomic E-state index is 6.57. The summed E-state index contributed by atoms with van der Waals surface area (Å²) in [7, 11) is 0. The van der Waals surface area contributed by atoms with Crippen molar-refractivity contribution in [3.05, 3.63) is 61.5 Å². The summed E-state index contributed by atoms with van der Waals surface area (Å²) in [6.07, 6.45) is 0.972. The van der Waals surface area contributed by atoms with Gasteiger partial charge in [-0.15, -0.1) is 11.6 Å². The molecule has 5 heteroatoms. The van der Waals surface area contributed by atoms with E-state index in [1.165, 1.54) is 0 Å². The average Bonchev–Trinajstić information content (AvgIpc) is 2.48. The van der Waals surface area contributed by atoms with E-state index in [0.29, 0.717) is 11.6 Å². The van der Waals surface area contributed by atoms with Crippen molar-refractivity contribution in [2.24, 2.45) is 0 Å². The van der Waals surface area contributed by atoms with Crippen molar-refractivity contribution in [3.8, 4) is 5.75 Å². The first kappa shape index (κ1) is 17.1. The molecule has 0 N–H and O–H groups in total. The SMILES string of the molecule is CCCOc1ccc(C(Cl)c2cccc(Br)c2Cl)cc1Br. The second-order valence-electron chi connectivity index (χ2n) is 4.54. The summed E-state index contributed by atoms with van der Waals surface area (Å²) in [5.41, 5.74) is 1.84. The predicted octanol–water partition coefficient (Wildman–Crippen LogP) is 6.98. The van der Waals surface area contributed by atoms with E-state index < -0.39 is 0 Å². The van der Waals surface area contributed by atoms with Crippen molar-refractivity contribution in [2.45, 2.75) is 18.7 Å². The Morgan fingerprint density at radius 2 is 1.90 bits per heavy atom. The van der Waals surface area contributed by atoms with Crippen LogP contribution >= 0.6 is 55.1 Å². The molecule has 0 aliphatic rings. The normalized spacial score (nSPS) is 12.2. The minimum Gasteiger partial charge on any atom is -0.492 e. The lowest BCUT2D eigenvalue weighted by atomic mass is 10.0. The van der Waals surface area contributed by atoms with Gasteiger partial charge in [-0.25, -0.2) is 0 Å². The van der Waals surface area contributed by atoms with Crippen molar-refractivity contribution >= 4 is 55.1 Å². The van der Waals surface area contributed by atoms with Crippen LogP contribution in [0.4, 0.5) is 0 Å². The number of alkyl halides is 1. The van der Waals surface area contributed by atoms with E-state index in [1.807, 2.05) is 36.4 Å². The molecule has 21 heavy (non-hydrogen) atoms. The molecule has 1 unspecified atom stereocenters. The number of halogens is 4. The smallest absolute Gasteiger partial charge is 0.133 e. The molecule has 0 aliphatic heterocycles. The summed E-state index contributed by atoms with van der Waals surface area (Å²) in [6.45, 7) is 2.77. The molecule has 112 valence electrons. The molecule has 0 radical (unpaired) electrons. The van der Waals surface area contributed by atoms with Crippen molar-refractivity contribution in [1.82, 2.24) is 0 Å². The third-order valence-corrected chi connectivity index (χ3v) is 5.38. The molecule has 1 atom stereocenters. The molecule has 0 bridgehead atoms. The predicted molar refractivity (Wildman–Crippen MR) is 96.8 cm³/mol. The van der Waals surface area contributed by atoms with Gasteiger partial charge in [0.15, 0.2) is 0 Å². The summed E-state index contributed by atoms with van der Waals surface area (Å²) in [5, 5.41) is 0.325. The summed E-state index contributed by atoms with van der Waals surface area (Å²) in [6, 6.07) is 11.6. The zero-order chi connectivity index (χ0) is 15.4. The molecule has 0 fully saturated rings. The lowest BCUT2D eigenvalue weighted by Crippen LogP contribution is -1.98. The van der Waals surface area contributed by atoms with Crippen molar-refractivity contribution in [2.75, 3.05) is 6.61 Å². The van der Waals surface area contributed by atoms with E-state index >= 15 is 0 Å². The first-order chi connectivity index (χ1) is 10.0. The maximum atomic E-state index is 6.57. The largest absolute Gasteiger partial charge is 0.492 e. The molecule has 0 heterocycles. The number of hydrogen-bond donors (Lipinski definition) is 0. The van der Waals surface area contributed by atoms with Crippen molar-refractivity contribution in [1.29, 1.82) is 0 Å². The lowest BCUT2D eigenvalue weighted by Gasteiger charge is -2.15. The number of hydrogen-bond acceptors (Lipinski definition) is 1. The summed E-state index contributed by atoms with van der Waals surface area (Å²) >= 11 is 19.8. The molecule has 1 nitrogen and oxygen atoms in total. The van der Waals surface area contributed by atoms with E-state index in [2.05, 4.69) is 38.8 Å². The van der Waals surface area contributed by atoms with Gasteiger partial charge in [0.25, 0.3) is 0 Å². The zero-order valence-electron chi connectivity index (χ0n) is 11.4. The summed E-state index contributed by atoms with van der Waals surface area (Å²) < 4.78 is 7.38. The van der Waals surface area contributed by atoms with Crippen LogP contribution < -0.4 is 4.74 Å². The van der Waals surface area contributed by atoms with Gasteiger partial charge in [-0.1, -0.05) is 36.7 Å². The number of benzene rings is 2. The monoisotopic (exact) mass is 450 g/mol. The molecule has 2 aromatic carbocycles. The third kappa shape index (κ3) is 4.16. The number of ether oxygens (including phenoxy) is 1. The molecule has 0 spiro atoms. The fourth-order valence-electron chi connectivity index (χ4n) is 1.90. The second kappa shape index (κ2) is 7.87. The van der Waals surface area contributed by atoms with E-state index in [1.54, 1.807) is 0 Å². The Labute approximate surface area is 151 Å². The third-order valence-electron chi connectivity index (χ3n) is 2.96. The Kier molecular flexibility index (Phi) is 6.42. The maximum Gasteiger partial charge on any atom is 0.133 e. The van der Waals surface area contributed by atoms with E-state index in [4.69, 9.17) is 27.9 Å². The van der Waals surface area contributed by atoms with Crippen LogP contribution in [0.3, 0.4) is 0 Å². The Hall–Kier alpha value is -0.220. The van der Waals surface area contributed by atoms with Crippen LogP contribution in [0.25, 0.3) is 0 Å². The zero-order valence-corrected chi connectivity index (χ0v) is 16.1. The van der Waals surface area contributed by atoms with Gasteiger partial charge in [0.1, 0.15) is 5.75 Å². The fourth-order valence-corrected chi connectivity index (χ4v) is 3.40. The lowest BCUT2D eigenvalue weighted by molar-refractivity contribution is 0.315. The van der Waals surface area contributed by atoms with Crippen LogP contribution in [-0.2, 0) is 0 Å². The van der Waals surface area contributed by atoms with Gasteiger partial charge in [0, 0.05) is 4.47 Å². The van der Waals surface area contributed by atoms with Gasteiger partial charge < -0.3 is 4.74 Å². The molecule has 0 saturated carbocycles. The fraction of sp³-hybridized carbons (Fsp3) is 0.250. The highest BCUT2D eigenvalue weighted by atomic mass is 79.9. The molecular weight excluding hydrogens is 439 g/mol. The quantitative estimate of drug-likeness (QED) is 0.444. The van der Waals surface area contributed by atoms with Crippen LogP contribution in [0.2, 0.25) is 5.02 Å². The van der Waals surface area contributed by atoms with Gasteiger partial charge in [0.05, 0.1) is 21.5 Å². The Balaban J connectivity index is 2.29. The van der Waals surface area contributed by atoms with E-state index in [9.17, 15) is 0 Å². The Morgan fingerprint density at radius 3 is 2.57 bits per heavy atom. The number of rotatable bonds is 5. The highest BCUT2D eigenvalue weighted by Crippen LogP contribution is 2.39. The summed E-state index contributed by atoms with van der Waals surface area (Å²) in [5.74, 6) is 0.824. The topological polar surface area (TPSA) is 9.23 Å². The van der Waals surface area contributed by atoms with Gasteiger partial charge >= 0.3 is 0 Å². The Bertz CT molecular complexity index is 632. The second-order valence-corrected chi connectivity index (χ2v) is 7.07. The van der Waals surface area contributed by atoms with E-state index in [-0.39, 0.29) is 5.38 Å². The first-order valence-electron chi connectivity index (χ1n) is 6.54.